The average Bonchev–Trinajstić information content (AvgIpc) is 2.88. The second-order valence-electron chi connectivity index (χ2n) is 7.08. The van der Waals surface area contributed by atoms with Gasteiger partial charge in [0, 0.05) is 18.7 Å². The molecule has 152 valence electrons. The van der Waals surface area contributed by atoms with Crippen molar-refractivity contribution < 1.29 is 17.6 Å². The molecule has 6 nitrogen and oxygen atoms in total. The van der Waals surface area contributed by atoms with E-state index in [9.17, 15) is 17.6 Å². The lowest BCUT2D eigenvalue weighted by molar-refractivity contribution is -0.121. The fraction of sp³-hybridized carbons (Fsp3) is 0.632. The lowest BCUT2D eigenvalue weighted by Gasteiger charge is -2.21. The Kier molecular flexibility index (Phi) is 8.66. The highest BCUT2D eigenvalue weighted by Gasteiger charge is 2.21. The third kappa shape index (κ3) is 7.94. The Labute approximate surface area is 161 Å². The number of carbonyl (C=O) groups excluding carboxylic acids is 1. The predicted octanol–water partition coefficient (Wildman–Crippen LogP) is 1.97. The molecule has 2 rings (SSSR count). The highest BCUT2D eigenvalue weighted by Crippen LogP contribution is 2.12. The van der Waals surface area contributed by atoms with Crippen LogP contribution >= 0.6 is 0 Å². The zero-order chi connectivity index (χ0) is 19.7. The molecule has 1 aliphatic heterocycles. The quantitative estimate of drug-likeness (QED) is 0.645. The first-order chi connectivity index (χ1) is 12.9. The molecule has 0 spiro atoms. The molecule has 1 aromatic rings. The number of hydrogen-bond acceptors (Lipinski definition) is 4. The van der Waals surface area contributed by atoms with Gasteiger partial charge in [0.2, 0.25) is 15.9 Å². The van der Waals surface area contributed by atoms with E-state index in [1.807, 2.05) is 0 Å². The Balaban J connectivity index is 1.79. The van der Waals surface area contributed by atoms with E-state index in [2.05, 4.69) is 10.2 Å². The molecule has 0 saturated carbocycles. The molecule has 0 radical (unpaired) electrons. The first-order valence-corrected chi connectivity index (χ1v) is 11.4. The SMILES string of the molecule is CS(=O)(=O)N(CC(=O)NCCCN1CCCCCC1)Cc1ccccc1F. The van der Waals surface area contributed by atoms with Crippen molar-refractivity contribution in [2.75, 3.05) is 39.0 Å². The van der Waals surface area contributed by atoms with Crippen molar-refractivity contribution in [2.24, 2.45) is 0 Å². The highest BCUT2D eigenvalue weighted by molar-refractivity contribution is 7.88. The molecule has 0 atom stereocenters. The molecule has 1 aliphatic rings. The van der Waals surface area contributed by atoms with Crippen molar-refractivity contribution in [3.05, 3.63) is 35.6 Å². The highest BCUT2D eigenvalue weighted by atomic mass is 32.2. The van der Waals surface area contributed by atoms with Gasteiger partial charge >= 0.3 is 0 Å². The van der Waals surface area contributed by atoms with Gasteiger partial charge in [0.15, 0.2) is 0 Å². The van der Waals surface area contributed by atoms with Crippen molar-refractivity contribution in [1.82, 2.24) is 14.5 Å². The summed E-state index contributed by atoms with van der Waals surface area (Å²) in [6.45, 7) is 3.19. The monoisotopic (exact) mass is 399 g/mol. The lowest BCUT2D eigenvalue weighted by atomic mass is 10.2. The smallest absolute Gasteiger partial charge is 0.235 e. The molecule has 0 aliphatic carbocycles. The predicted molar refractivity (Wildman–Crippen MR) is 104 cm³/mol. The summed E-state index contributed by atoms with van der Waals surface area (Å²) in [6.07, 6.45) is 6.89. The van der Waals surface area contributed by atoms with Gasteiger partial charge in [-0.15, -0.1) is 0 Å². The van der Waals surface area contributed by atoms with Gasteiger partial charge in [0.25, 0.3) is 0 Å². The molecule has 0 unspecified atom stereocenters. The summed E-state index contributed by atoms with van der Waals surface area (Å²) < 4.78 is 38.7. The minimum absolute atomic E-state index is 0.160. The fourth-order valence-electron chi connectivity index (χ4n) is 3.21. The maximum absolute atomic E-state index is 13.8. The number of nitrogens with one attached hydrogen (secondary N) is 1. The van der Waals surface area contributed by atoms with E-state index in [4.69, 9.17) is 0 Å². The molecule has 0 aromatic heterocycles. The number of sulfonamides is 1. The summed E-state index contributed by atoms with van der Waals surface area (Å²) in [4.78, 5) is 14.6. The number of nitrogens with zero attached hydrogens (tertiary/aromatic N) is 2. The van der Waals surface area contributed by atoms with E-state index in [1.54, 1.807) is 12.1 Å². The van der Waals surface area contributed by atoms with Crippen molar-refractivity contribution in [1.29, 1.82) is 0 Å². The summed E-state index contributed by atoms with van der Waals surface area (Å²) in [6, 6.07) is 5.98. The number of amides is 1. The molecule has 27 heavy (non-hydrogen) atoms. The van der Waals surface area contributed by atoms with Crippen LogP contribution in [0.15, 0.2) is 24.3 Å². The summed E-state index contributed by atoms with van der Waals surface area (Å²) in [5.74, 6) is -0.850. The standard InChI is InChI=1S/C19H30FN3O3S/c1-27(25,26)23(15-17-9-4-5-10-18(17)20)16-19(24)21-11-8-14-22-12-6-2-3-7-13-22/h4-5,9-10H,2-3,6-8,11-16H2,1H3,(H,21,24). The van der Waals surface area contributed by atoms with Gasteiger partial charge < -0.3 is 10.2 Å². The Bertz CT molecular complexity index is 704. The molecule has 1 amide bonds. The number of carbonyl (C=O) groups is 1. The van der Waals surface area contributed by atoms with Crippen LogP contribution in [0.25, 0.3) is 0 Å². The van der Waals surface area contributed by atoms with Gasteiger partial charge in [0.05, 0.1) is 12.8 Å². The number of halogens is 1. The topological polar surface area (TPSA) is 69.7 Å². The van der Waals surface area contributed by atoms with Gasteiger partial charge in [-0.05, 0) is 45.0 Å². The Morgan fingerprint density at radius 2 is 1.85 bits per heavy atom. The largest absolute Gasteiger partial charge is 0.355 e. The van der Waals surface area contributed by atoms with Crippen LogP contribution < -0.4 is 5.32 Å². The third-order valence-corrected chi connectivity index (χ3v) is 5.96. The number of rotatable bonds is 9. The molecule has 0 bridgehead atoms. The van der Waals surface area contributed by atoms with Crippen LogP contribution in [0.2, 0.25) is 0 Å². The van der Waals surface area contributed by atoms with Gasteiger partial charge in [0.1, 0.15) is 5.82 Å². The van der Waals surface area contributed by atoms with Gasteiger partial charge in [-0.2, -0.15) is 4.31 Å². The second-order valence-corrected chi connectivity index (χ2v) is 9.06. The summed E-state index contributed by atoms with van der Waals surface area (Å²) >= 11 is 0. The number of benzene rings is 1. The third-order valence-electron chi connectivity index (χ3n) is 4.77. The van der Waals surface area contributed by atoms with E-state index in [0.29, 0.717) is 6.54 Å². The zero-order valence-electron chi connectivity index (χ0n) is 16.0. The van der Waals surface area contributed by atoms with Crippen molar-refractivity contribution >= 4 is 15.9 Å². The van der Waals surface area contributed by atoms with Crippen LogP contribution in [0.1, 0.15) is 37.7 Å². The van der Waals surface area contributed by atoms with Crippen LogP contribution in [0.4, 0.5) is 4.39 Å². The molecule has 1 fully saturated rings. The molecule has 1 aromatic carbocycles. The first-order valence-electron chi connectivity index (χ1n) is 9.54. The van der Waals surface area contributed by atoms with Gasteiger partial charge in [-0.25, -0.2) is 12.8 Å². The lowest BCUT2D eigenvalue weighted by Crippen LogP contribution is -2.40. The zero-order valence-corrected chi connectivity index (χ0v) is 16.8. The van der Waals surface area contributed by atoms with E-state index < -0.39 is 15.8 Å². The maximum Gasteiger partial charge on any atom is 0.235 e. The van der Waals surface area contributed by atoms with Crippen LogP contribution in [-0.4, -0.2) is 62.5 Å². The molecular weight excluding hydrogens is 369 g/mol. The van der Waals surface area contributed by atoms with Crippen LogP contribution in [0.3, 0.4) is 0 Å². The second kappa shape index (κ2) is 10.7. The minimum atomic E-state index is -3.63. The van der Waals surface area contributed by atoms with Crippen molar-refractivity contribution in [3.63, 3.8) is 0 Å². The minimum Gasteiger partial charge on any atom is -0.355 e. The Morgan fingerprint density at radius 1 is 1.19 bits per heavy atom. The van der Waals surface area contributed by atoms with Gasteiger partial charge in [-0.3, -0.25) is 4.79 Å². The summed E-state index contributed by atoms with van der Waals surface area (Å²) in [5, 5.41) is 2.78. The van der Waals surface area contributed by atoms with Crippen LogP contribution in [-0.2, 0) is 21.4 Å². The van der Waals surface area contributed by atoms with Gasteiger partial charge in [-0.1, -0.05) is 31.0 Å². The van der Waals surface area contributed by atoms with Crippen LogP contribution in [0, 0.1) is 5.82 Å². The summed E-state index contributed by atoms with van der Waals surface area (Å²) in [7, 11) is -3.63. The number of likely N-dealkylation sites (tertiary alicyclic amines) is 1. The normalized spacial score (nSPS) is 16.3. The number of hydrogen-bond donors (Lipinski definition) is 1. The average molecular weight is 400 g/mol. The van der Waals surface area contributed by atoms with Crippen LogP contribution in [0.5, 0.6) is 0 Å². The Morgan fingerprint density at radius 3 is 2.48 bits per heavy atom. The van der Waals surface area contributed by atoms with E-state index in [-0.39, 0.29) is 24.6 Å². The van der Waals surface area contributed by atoms with E-state index >= 15 is 0 Å². The van der Waals surface area contributed by atoms with Crippen molar-refractivity contribution in [3.8, 4) is 0 Å². The Hall–Kier alpha value is -1.51. The molecule has 1 N–H and O–H groups in total. The summed E-state index contributed by atoms with van der Waals surface area (Å²) in [5.41, 5.74) is 0.247. The van der Waals surface area contributed by atoms with Crippen molar-refractivity contribution in [2.45, 2.75) is 38.6 Å². The fourth-order valence-corrected chi connectivity index (χ4v) is 3.94. The molecule has 1 heterocycles. The molecule has 1 saturated heterocycles. The van der Waals surface area contributed by atoms with E-state index in [1.165, 1.54) is 37.8 Å². The molecule has 8 heteroatoms. The first kappa shape index (κ1) is 21.8. The maximum atomic E-state index is 13.8. The van der Waals surface area contributed by atoms with E-state index in [0.717, 1.165) is 36.6 Å². The molecular formula is C19H30FN3O3S.